The van der Waals surface area contributed by atoms with Gasteiger partial charge in [-0.1, -0.05) is 12.1 Å². The molecule has 1 aromatic carbocycles. The SMILES string of the molecule is CNC(C)(C)Cc1cccc(OC)c1Br. The molecule has 0 heterocycles. The molecule has 0 saturated heterocycles. The van der Waals surface area contributed by atoms with Gasteiger partial charge in [0.05, 0.1) is 11.6 Å². The van der Waals surface area contributed by atoms with Crippen LogP contribution in [0, 0.1) is 0 Å². The van der Waals surface area contributed by atoms with E-state index < -0.39 is 0 Å². The van der Waals surface area contributed by atoms with E-state index >= 15 is 0 Å². The number of ether oxygens (including phenoxy) is 1. The van der Waals surface area contributed by atoms with Crippen LogP contribution in [-0.2, 0) is 6.42 Å². The highest BCUT2D eigenvalue weighted by Gasteiger charge is 2.18. The summed E-state index contributed by atoms with van der Waals surface area (Å²) in [4.78, 5) is 0. The molecule has 1 N–H and O–H groups in total. The minimum atomic E-state index is 0.0921. The Morgan fingerprint density at radius 2 is 2.07 bits per heavy atom. The third kappa shape index (κ3) is 3.21. The van der Waals surface area contributed by atoms with Crippen molar-refractivity contribution in [3.05, 3.63) is 28.2 Å². The zero-order valence-electron chi connectivity index (χ0n) is 9.73. The molecular weight excluding hydrogens is 254 g/mol. The van der Waals surface area contributed by atoms with E-state index in [4.69, 9.17) is 4.74 Å². The number of benzene rings is 1. The Kier molecular flexibility index (Phi) is 4.17. The van der Waals surface area contributed by atoms with Crippen LogP contribution in [0.4, 0.5) is 0 Å². The molecule has 0 aliphatic heterocycles. The molecule has 15 heavy (non-hydrogen) atoms. The Bertz CT molecular complexity index is 336. The van der Waals surface area contributed by atoms with Crippen LogP contribution in [0.1, 0.15) is 19.4 Å². The number of rotatable bonds is 4. The number of methoxy groups -OCH3 is 1. The lowest BCUT2D eigenvalue weighted by molar-refractivity contribution is 0.404. The van der Waals surface area contributed by atoms with Crippen LogP contribution in [0.25, 0.3) is 0 Å². The fourth-order valence-electron chi connectivity index (χ4n) is 1.41. The van der Waals surface area contributed by atoms with E-state index in [9.17, 15) is 0 Å². The van der Waals surface area contributed by atoms with Crippen molar-refractivity contribution in [1.29, 1.82) is 0 Å². The quantitative estimate of drug-likeness (QED) is 0.909. The predicted octanol–water partition coefficient (Wildman–Crippen LogP) is 3.00. The van der Waals surface area contributed by atoms with Crippen LogP contribution in [0.3, 0.4) is 0 Å². The van der Waals surface area contributed by atoms with Crippen molar-refractivity contribution in [3.8, 4) is 5.75 Å². The van der Waals surface area contributed by atoms with Crippen LogP contribution in [0.15, 0.2) is 22.7 Å². The van der Waals surface area contributed by atoms with E-state index in [1.54, 1.807) is 7.11 Å². The number of hydrogen-bond donors (Lipinski definition) is 1. The van der Waals surface area contributed by atoms with Crippen molar-refractivity contribution in [2.24, 2.45) is 0 Å². The predicted molar refractivity (Wildman–Crippen MR) is 67.5 cm³/mol. The van der Waals surface area contributed by atoms with Gasteiger partial charge < -0.3 is 10.1 Å². The highest BCUT2D eigenvalue weighted by atomic mass is 79.9. The van der Waals surface area contributed by atoms with Gasteiger partial charge in [-0.2, -0.15) is 0 Å². The molecule has 3 heteroatoms. The second kappa shape index (κ2) is 4.99. The van der Waals surface area contributed by atoms with Gasteiger partial charge in [-0.15, -0.1) is 0 Å². The van der Waals surface area contributed by atoms with Gasteiger partial charge in [0.25, 0.3) is 0 Å². The van der Waals surface area contributed by atoms with Crippen molar-refractivity contribution in [3.63, 3.8) is 0 Å². The normalized spacial score (nSPS) is 11.5. The Balaban J connectivity index is 2.95. The Hall–Kier alpha value is -0.540. The summed E-state index contributed by atoms with van der Waals surface area (Å²) in [6.45, 7) is 4.36. The maximum atomic E-state index is 5.27. The largest absolute Gasteiger partial charge is 0.496 e. The molecule has 0 atom stereocenters. The van der Waals surface area contributed by atoms with E-state index in [-0.39, 0.29) is 5.54 Å². The standard InChI is InChI=1S/C12H18BrNO/c1-12(2,14-3)8-9-6-5-7-10(15-4)11(9)13/h5-7,14H,8H2,1-4H3. The molecular formula is C12H18BrNO. The van der Waals surface area contributed by atoms with Crippen molar-refractivity contribution in [2.75, 3.05) is 14.2 Å². The molecule has 0 aromatic heterocycles. The molecule has 0 aliphatic rings. The molecule has 0 fully saturated rings. The van der Waals surface area contributed by atoms with E-state index in [1.807, 2.05) is 19.2 Å². The molecule has 2 nitrogen and oxygen atoms in total. The first-order chi connectivity index (χ1) is 7.00. The molecule has 0 saturated carbocycles. The van der Waals surface area contributed by atoms with E-state index in [2.05, 4.69) is 41.2 Å². The van der Waals surface area contributed by atoms with Gasteiger partial charge in [0.2, 0.25) is 0 Å². The van der Waals surface area contributed by atoms with Crippen LogP contribution >= 0.6 is 15.9 Å². The van der Waals surface area contributed by atoms with E-state index in [0.717, 1.165) is 16.6 Å². The summed E-state index contributed by atoms with van der Waals surface area (Å²) in [5.41, 5.74) is 1.35. The lowest BCUT2D eigenvalue weighted by Gasteiger charge is -2.25. The van der Waals surface area contributed by atoms with Gasteiger partial charge in [-0.05, 0) is 54.9 Å². The first-order valence-electron chi connectivity index (χ1n) is 5.00. The van der Waals surface area contributed by atoms with Crippen LogP contribution in [-0.4, -0.2) is 19.7 Å². The maximum Gasteiger partial charge on any atom is 0.133 e. The summed E-state index contributed by atoms with van der Waals surface area (Å²) in [5.74, 6) is 0.888. The van der Waals surface area contributed by atoms with Gasteiger partial charge in [-0.3, -0.25) is 0 Å². The van der Waals surface area contributed by atoms with Crippen molar-refractivity contribution in [1.82, 2.24) is 5.32 Å². The Morgan fingerprint density at radius 1 is 1.40 bits per heavy atom. The molecule has 84 valence electrons. The highest BCUT2D eigenvalue weighted by molar-refractivity contribution is 9.10. The monoisotopic (exact) mass is 271 g/mol. The topological polar surface area (TPSA) is 21.3 Å². The summed E-state index contributed by atoms with van der Waals surface area (Å²) in [7, 11) is 3.67. The second-order valence-electron chi connectivity index (χ2n) is 4.24. The molecule has 1 rings (SSSR count). The Morgan fingerprint density at radius 3 is 2.60 bits per heavy atom. The van der Waals surface area contributed by atoms with Crippen molar-refractivity contribution >= 4 is 15.9 Å². The first kappa shape index (κ1) is 12.5. The Labute approximate surface area is 100 Å². The average Bonchev–Trinajstić information content (AvgIpc) is 2.21. The smallest absolute Gasteiger partial charge is 0.133 e. The van der Waals surface area contributed by atoms with E-state index in [0.29, 0.717) is 0 Å². The molecule has 1 aromatic rings. The number of halogens is 1. The summed E-state index contributed by atoms with van der Waals surface area (Å²) in [6, 6.07) is 6.09. The second-order valence-corrected chi connectivity index (χ2v) is 5.04. The minimum absolute atomic E-state index is 0.0921. The van der Waals surface area contributed by atoms with Crippen LogP contribution in [0.5, 0.6) is 5.75 Å². The minimum Gasteiger partial charge on any atom is -0.496 e. The summed E-state index contributed by atoms with van der Waals surface area (Å²) in [6.07, 6.45) is 0.960. The lowest BCUT2D eigenvalue weighted by Crippen LogP contribution is -2.38. The summed E-state index contributed by atoms with van der Waals surface area (Å²) < 4.78 is 6.32. The summed E-state index contributed by atoms with van der Waals surface area (Å²) in [5, 5.41) is 3.29. The third-order valence-corrected chi connectivity index (χ3v) is 3.47. The molecule has 0 radical (unpaired) electrons. The lowest BCUT2D eigenvalue weighted by atomic mass is 9.95. The first-order valence-corrected chi connectivity index (χ1v) is 5.80. The highest BCUT2D eigenvalue weighted by Crippen LogP contribution is 2.30. The number of hydrogen-bond acceptors (Lipinski definition) is 2. The number of nitrogens with one attached hydrogen (secondary N) is 1. The molecule has 0 spiro atoms. The third-order valence-electron chi connectivity index (χ3n) is 2.57. The summed E-state index contributed by atoms with van der Waals surface area (Å²) >= 11 is 3.57. The number of likely N-dealkylation sites (N-methyl/N-ethyl adjacent to an activating group) is 1. The average molecular weight is 272 g/mol. The maximum absolute atomic E-state index is 5.27. The fourth-order valence-corrected chi connectivity index (χ4v) is 1.98. The molecule has 0 bridgehead atoms. The zero-order chi connectivity index (χ0) is 11.5. The van der Waals surface area contributed by atoms with Crippen LogP contribution in [0.2, 0.25) is 0 Å². The van der Waals surface area contributed by atoms with Gasteiger partial charge in [-0.25, -0.2) is 0 Å². The molecule has 0 aliphatic carbocycles. The van der Waals surface area contributed by atoms with Crippen LogP contribution < -0.4 is 10.1 Å². The molecule has 0 unspecified atom stereocenters. The van der Waals surface area contributed by atoms with E-state index in [1.165, 1.54) is 5.56 Å². The van der Waals surface area contributed by atoms with Gasteiger partial charge in [0, 0.05) is 5.54 Å². The zero-order valence-corrected chi connectivity index (χ0v) is 11.3. The van der Waals surface area contributed by atoms with Gasteiger partial charge in [0.15, 0.2) is 0 Å². The van der Waals surface area contributed by atoms with Crippen molar-refractivity contribution in [2.45, 2.75) is 25.8 Å². The van der Waals surface area contributed by atoms with Gasteiger partial charge >= 0.3 is 0 Å². The fraction of sp³-hybridized carbons (Fsp3) is 0.500. The van der Waals surface area contributed by atoms with Crippen molar-refractivity contribution < 1.29 is 4.74 Å². The van der Waals surface area contributed by atoms with Gasteiger partial charge in [0.1, 0.15) is 5.75 Å². The molecule has 0 amide bonds.